The molecule has 25 heavy (non-hydrogen) atoms. The number of hydrogen-bond donors (Lipinski definition) is 2. The summed E-state index contributed by atoms with van der Waals surface area (Å²) in [5, 5.41) is 3.82. The second kappa shape index (κ2) is 8.03. The van der Waals surface area contributed by atoms with E-state index in [1.165, 1.54) is 0 Å². The minimum absolute atomic E-state index is 0.0307. The fraction of sp³-hybridized carbons (Fsp3) is 0.200. The fourth-order valence-electron chi connectivity index (χ4n) is 2.66. The van der Waals surface area contributed by atoms with Gasteiger partial charge in [-0.25, -0.2) is 4.98 Å². The van der Waals surface area contributed by atoms with Gasteiger partial charge in [-0.3, -0.25) is 4.79 Å². The van der Waals surface area contributed by atoms with Crippen LogP contribution in [0.2, 0.25) is 0 Å². The molecule has 0 radical (unpaired) electrons. The third-order valence-corrected chi connectivity index (χ3v) is 4.64. The van der Waals surface area contributed by atoms with Gasteiger partial charge in [0.15, 0.2) is 5.16 Å². The molecule has 0 bridgehead atoms. The molecule has 1 heterocycles. The zero-order valence-electron chi connectivity index (χ0n) is 14.4. The van der Waals surface area contributed by atoms with Crippen LogP contribution in [0.1, 0.15) is 21.5 Å². The Balaban J connectivity index is 1.49. The molecule has 2 aromatic carbocycles. The number of imidazole rings is 1. The number of aromatic nitrogens is 2. The number of carbonyl (C=O) groups excluding carboxylic acids is 1. The van der Waals surface area contributed by atoms with Crippen LogP contribution in [0.4, 0.5) is 0 Å². The van der Waals surface area contributed by atoms with E-state index >= 15 is 0 Å². The number of amides is 1. The first-order valence-electron chi connectivity index (χ1n) is 8.21. The molecular formula is C20H21N3OS. The Bertz CT molecular complexity index is 838. The van der Waals surface area contributed by atoms with Crippen LogP contribution in [0, 0.1) is 13.8 Å². The molecule has 128 valence electrons. The first-order valence-corrected chi connectivity index (χ1v) is 9.20. The molecule has 4 nitrogen and oxygen atoms in total. The van der Waals surface area contributed by atoms with Crippen LogP contribution in [0.5, 0.6) is 0 Å². The van der Waals surface area contributed by atoms with Crippen LogP contribution in [0.3, 0.4) is 0 Å². The molecule has 5 heteroatoms. The Morgan fingerprint density at radius 3 is 2.56 bits per heavy atom. The van der Waals surface area contributed by atoms with Crippen molar-refractivity contribution in [2.45, 2.75) is 19.0 Å². The Hall–Kier alpha value is -2.53. The Morgan fingerprint density at radius 1 is 1.12 bits per heavy atom. The van der Waals surface area contributed by atoms with Crippen LogP contribution in [-0.2, 0) is 0 Å². The molecule has 0 unspecified atom stereocenters. The molecule has 0 aliphatic rings. The van der Waals surface area contributed by atoms with Crippen molar-refractivity contribution in [3.8, 4) is 11.3 Å². The topological polar surface area (TPSA) is 57.8 Å². The molecule has 0 saturated carbocycles. The molecule has 3 rings (SSSR count). The van der Waals surface area contributed by atoms with Crippen molar-refractivity contribution in [3.63, 3.8) is 0 Å². The summed E-state index contributed by atoms with van der Waals surface area (Å²) in [7, 11) is 0. The second-order valence-corrected chi connectivity index (χ2v) is 7.03. The highest BCUT2D eigenvalue weighted by atomic mass is 32.2. The van der Waals surface area contributed by atoms with E-state index in [0.29, 0.717) is 12.1 Å². The van der Waals surface area contributed by atoms with Gasteiger partial charge in [-0.05, 0) is 31.5 Å². The van der Waals surface area contributed by atoms with Gasteiger partial charge in [-0.2, -0.15) is 0 Å². The van der Waals surface area contributed by atoms with E-state index in [1.54, 1.807) is 11.8 Å². The molecule has 1 aromatic heterocycles. The lowest BCUT2D eigenvalue weighted by Gasteiger charge is -2.06. The van der Waals surface area contributed by atoms with Crippen molar-refractivity contribution in [1.82, 2.24) is 15.3 Å². The SMILES string of the molecule is Cc1cc(C)cc(C(=O)NCCSc2ncc(-c3ccccc3)[nH]2)c1. The number of aromatic amines is 1. The Morgan fingerprint density at radius 2 is 1.84 bits per heavy atom. The minimum atomic E-state index is -0.0307. The van der Waals surface area contributed by atoms with Gasteiger partial charge in [-0.1, -0.05) is 59.3 Å². The summed E-state index contributed by atoms with van der Waals surface area (Å²) in [6, 6.07) is 16.0. The molecular weight excluding hydrogens is 330 g/mol. The van der Waals surface area contributed by atoms with E-state index in [9.17, 15) is 4.79 Å². The smallest absolute Gasteiger partial charge is 0.251 e. The average molecular weight is 351 g/mol. The number of benzene rings is 2. The van der Waals surface area contributed by atoms with Gasteiger partial charge in [0.25, 0.3) is 5.91 Å². The van der Waals surface area contributed by atoms with Crippen molar-refractivity contribution >= 4 is 17.7 Å². The highest BCUT2D eigenvalue weighted by molar-refractivity contribution is 7.99. The van der Waals surface area contributed by atoms with Crippen molar-refractivity contribution in [2.75, 3.05) is 12.3 Å². The van der Waals surface area contributed by atoms with Gasteiger partial charge in [0.2, 0.25) is 0 Å². The predicted octanol–water partition coefficient (Wildman–Crippen LogP) is 4.22. The molecule has 1 amide bonds. The van der Waals surface area contributed by atoms with Crippen LogP contribution < -0.4 is 5.32 Å². The predicted molar refractivity (Wildman–Crippen MR) is 103 cm³/mol. The number of rotatable bonds is 6. The third-order valence-electron chi connectivity index (χ3n) is 3.75. The van der Waals surface area contributed by atoms with Gasteiger partial charge >= 0.3 is 0 Å². The quantitative estimate of drug-likeness (QED) is 0.516. The number of hydrogen-bond acceptors (Lipinski definition) is 3. The van der Waals surface area contributed by atoms with E-state index in [-0.39, 0.29) is 5.91 Å². The molecule has 0 aliphatic heterocycles. The van der Waals surface area contributed by atoms with Gasteiger partial charge in [0.05, 0.1) is 11.9 Å². The van der Waals surface area contributed by atoms with Crippen LogP contribution in [0.15, 0.2) is 59.9 Å². The van der Waals surface area contributed by atoms with Crippen molar-refractivity contribution in [2.24, 2.45) is 0 Å². The maximum Gasteiger partial charge on any atom is 0.251 e. The van der Waals surface area contributed by atoms with Crippen LogP contribution in [-0.4, -0.2) is 28.2 Å². The number of nitrogens with one attached hydrogen (secondary N) is 2. The first-order chi connectivity index (χ1) is 12.1. The zero-order valence-corrected chi connectivity index (χ0v) is 15.2. The highest BCUT2D eigenvalue weighted by Crippen LogP contribution is 2.20. The summed E-state index contributed by atoms with van der Waals surface area (Å²) >= 11 is 1.60. The normalized spacial score (nSPS) is 10.6. The average Bonchev–Trinajstić information content (AvgIpc) is 3.07. The Labute approximate surface area is 152 Å². The summed E-state index contributed by atoms with van der Waals surface area (Å²) in [4.78, 5) is 19.9. The summed E-state index contributed by atoms with van der Waals surface area (Å²) in [6.45, 7) is 4.60. The third kappa shape index (κ3) is 4.73. The van der Waals surface area contributed by atoms with Gasteiger partial charge in [0, 0.05) is 17.9 Å². The van der Waals surface area contributed by atoms with E-state index in [2.05, 4.69) is 21.4 Å². The monoisotopic (exact) mass is 351 g/mol. The van der Waals surface area contributed by atoms with Crippen LogP contribution >= 0.6 is 11.8 Å². The fourth-order valence-corrected chi connectivity index (χ4v) is 3.37. The lowest BCUT2D eigenvalue weighted by molar-refractivity contribution is 0.0956. The lowest BCUT2D eigenvalue weighted by Crippen LogP contribution is -2.25. The molecule has 3 aromatic rings. The number of thioether (sulfide) groups is 1. The van der Waals surface area contributed by atoms with Gasteiger partial charge in [-0.15, -0.1) is 0 Å². The largest absolute Gasteiger partial charge is 0.351 e. The van der Waals surface area contributed by atoms with Crippen molar-refractivity contribution < 1.29 is 4.79 Å². The highest BCUT2D eigenvalue weighted by Gasteiger charge is 2.07. The number of nitrogens with zero attached hydrogens (tertiary/aromatic N) is 1. The summed E-state index contributed by atoms with van der Waals surface area (Å²) in [5.74, 6) is 0.731. The molecule has 0 aliphatic carbocycles. The van der Waals surface area contributed by atoms with Crippen LogP contribution in [0.25, 0.3) is 11.3 Å². The number of aryl methyl sites for hydroxylation is 2. The van der Waals surface area contributed by atoms with E-state index in [1.807, 2.05) is 62.5 Å². The van der Waals surface area contributed by atoms with E-state index in [0.717, 1.165) is 33.3 Å². The maximum absolute atomic E-state index is 12.2. The zero-order chi connectivity index (χ0) is 17.6. The molecule has 0 atom stereocenters. The van der Waals surface area contributed by atoms with Gasteiger partial charge in [0.1, 0.15) is 0 Å². The first kappa shape index (κ1) is 17.3. The number of H-pyrrole nitrogens is 1. The minimum Gasteiger partial charge on any atom is -0.351 e. The Kier molecular flexibility index (Phi) is 5.56. The maximum atomic E-state index is 12.2. The van der Waals surface area contributed by atoms with E-state index < -0.39 is 0 Å². The molecule has 2 N–H and O–H groups in total. The standard InChI is InChI=1S/C20H21N3OS/c1-14-10-15(2)12-17(11-14)19(24)21-8-9-25-20-22-13-18(23-20)16-6-4-3-5-7-16/h3-7,10-13H,8-9H2,1-2H3,(H,21,24)(H,22,23). The van der Waals surface area contributed by atoms with Gasteiger partial charge < -0.3 is 10.3 Å². The lowest BCUT2D eigenvalue weighted by atomic mass is 10.1. The van der Waals surface area contributed by atoms with E-state index in [4.69, 9.17) is 0 Å². The summed E-state index contributed by atoms with van der Waals surface area (Å²) in [5.41, 5.74) is 5.03. The molecule has 0 spiro atoms. The molecule has 0 fully saturated rings. The number of carbonyl (C=O) groups is 1. The summed E-state index contributed by atoms with van der Waals surface area (Å²) < 4.78 is 0. The summed E-state index contributed by atoms with van der Waals surface area (Å²) in [6.07, 6.45) is 1.84. The second-order valence-electron chi connectivity index (χ2n) is 5.95. The van der Waals surface area contributed by atoms with Crippen molar-refractivity contribution in [3.05, 3.63) is 71.4 Å². The van der Waals surface area contributed by atoms with Crippen molar-refractivity contribution in [1.29, 1.82) is 0 Å². The molecule has 0 saturated heterocycles.